The lowest BCUT2D eigenvalue weighted by Gasteiger charge is -2.13. The molecule has 1 aliphatic rings. The topological polar surface area (TPSA) is 83.7 Å². The Hall–Kier alpha value is -1.47. The Bertz CT molecular complexity index is 460. The van der Waals surface area contributed by atoms with Crippen molar-refractivity contribution in [3.05, 3.63) is 27.1 Å². The number of rotatable bonds is 5. The highest BCUT2D eigenvalue weighted by molar-refractivity contribution is 7.15. The van der Waals surface area contributed by atoms with Crippen LogP contribution < -0.4 is 0 Å². The highest BCUT2D eigenvalue weighted by Crippen LogP contribution is 2.27. The number of carboxylic acid groups (broad SMARTS) is 1. The van der Waals surface area contributed by atoms with Gasteiger partial charge in [0.2, 0.25) is 0 Å². The number of likely N-dealkylation sites (tertiary alicyclic amines) is 1. The molecule has 2 heterocycles. The van der Waals surface area contributed by atoms with E-state index in [-0.39, 0.29) is 22.3 Å². The molecular formula is C11H14N2O4S. The fraction of sp³-hybridized carbons (Fsp3) is 0.545. The van der Waals surface area contributed by atoms with Crippen molar-refractivity contribution in [1.29, 1.82) is 0 Å². The third kappa shape index (κ3) is 3.27. The van der Waals surface area contributed by atoms with Crippen molar-refractivity contribution < 1.29 is 14.8 Å². The van der Waals surface area contributed by atoms with Gasteiger partial charge in [0.15, 0.2) is 0 Å². The van der Waals surface area contributed by atoms with E-state index in [0.717, 1.165) is 24.4 Å². The average molecular weight is 270 g/mol. The number of nitro groups is 1. The van der Waals surface area contributed by atoms with Crippen LogP contribution in [-0.2, 0) is 11.3 Å². The normalized spacial score (nSPS) is 20.1. The molecule has 1 unspecified atom stereocenters. The SMILES string of the molecule is O=C(O)CC1CCN(Cc2ccc([N+](=O)[O-])s2)C1. The Labute approximate surface area is 108 Å². The second-order valence-electron chi connectivity index (χ2n) is 4.48. The molecule has 1 aromatic heterocycles. The maximum absolute atomic E-state index is 10.6. The summed E-state index contributed by atoms with van der Waals surface area (Å²) in [5.74, 6) is -0.550. The van der Waals surface area contributed by atoms with E-state index in [1.807, 2.05) is 0 Å². The lowest BCUT2D eigenvalue weighted by molar-refractivity contribution is -0.380. The van der Waals surface area contributed by atoms with Crippen LogP contribution in [0.2, 0.25) is 0 Å². The van der Waals surface area contributed by atoms with Crippen LogP contribution in [0.3, 0.4) is 0 Å². The number of hydrogen-bond acceptors (Lipinski definition) is 5. The molecule has 1 aliphatic heterocycles. The first kappa shape index (κ1) is 13.0. The summed E-state index contributed by atoms with van der Waals surface area (Å²) in [5.41, 5.74) is 0. The fourth-order valence-electron chi connectivity index (χ4n) is 2.24. The molecule has 0 aliphatic carbocycles. The predicted molar refractivity (Wildman–Crippen MR) is 66.6 cm³/mol. The highest BCUT2D eigenvalue weighted by atomic mass is 32.1. The summed E-state index contributed by atoms with van der Waals surface area (Å²) in [6.45, 7) is 2.30. The monoisotopic (exact) mass is 270 g/mol. The first-order valence-corrected chi connectivity index (χ1v) is 6.53. The van der Waals surface area contributed by atoms with Crippen molar-refractivity contribution in [2.75, 3.05) is 13.1 Å². The van der Waals surface area contributed by atoms with Gasteiger partial charge in [-0.3, -0.25) is 19.8 Å². The van der Waals surface area contributed by atoms with Crippen LogP contribution in [0.25, 0.3) is 0 Å². The molecule has 0 aromatic carbocycles. The Kier molecular flexibility index (Phi) is 3.93. The molecule has 1 atom stereocenters. The number of thiophene rings is 1. The number of hydrogen-bond donors (Lipinski definition) is 1. The van der Waals surface area contributed by atoms with Crippen LogP contribution in [0.1, 0.15) is 17.7 Å². The van der Waals surface area contributed by atoms with Gasteiger partial charge in [0.25, 0.3) is 0 Å². The number of nitrogens with zero attached hydrogens (tertiary/aromatic N) is 2. The molecule has 1 aromatic rings. The summed E-state index contributed by atoms with van der Waals surface area (Å²) >= 11 is 1.19. The Balaban J connectivity index is 1.87. The second kappa shape index (κ2) is 5.45. The minimum Gasteiger partial charge on any atom is -0.481 e. The van der Waals surface area contributed by atoms with Crippen molar-refractivity contribution >= 4 is 22.3 Å². The quantitative estimate of drug-likeness (QED) is 0.653. The van der Waals surface area contributed by atoms with E-state index >= 15 is 0 Å². The van der Waals surface area contributed by atoms with E-state index in [9.17, 15) is 14.9 Å². The minimum atomic E-state index is -0.756. The molecule has 1 saturated heterocycles. The minimum absolute atomic E-state index is 0.159. The van der Waals surface area contributed by atoms with Gasteiger partial charge < -0.3 is 5.11 Å². The number of carboxylic acids is 1. The van der Waals surface area contributed by atoms with Crippen molar-refractivity contribution in [1.82, 2.24) is 4.90 Å². The first-order valence-electron chi connectivity index (χ1n) is 5.72. The fourth-order valence-corrected chi connectivity index (χ4v) is 3.10. The van der Waals surface area contributed by atoms with Crippen LogP contribution in [0.15, 0.2) is 12.1 Å². The summed E-state index contributed by atoms with van der Waals surface area (Å²) in [6, 6.07) is 3.29. The van der Waals surface area contributed by atoms with E-state index in [1.54, 1.807) is 6.07 Å². The van der Waals surface area contributed by atoms with Crippen LogP contribution in [0.5, 0.6) is 0 Å². The Morgan fingerprint density at radius 3 is 3.00 bits per heavy atom. The summed E-state index contributed by atoms with van der Waals surface area (Å²) in [5, 5.41) is 19.4. The Morgan fingerprint density at radius 1 is 1.61 bits per heavy atom. The summed E-state index contributed by atoms with van der Waals surface area (Å²) in [6.07, 6.45) is 1.10. The predicted octanol–water partition coefficient (Wildman–Crippen LogP) is 1.95. The smallest absolute Gasteiger partial charge is 0.324 e. The molecule has 0 radical (unpaired) electrons. The molecule has 0 saturated carbocycles. The average Bonchev–Trinajstić information content (AvgIpc) is 2.88. The summed E-state index contributed by atoms with van der Waals surface area (Å²) in [4.78, 5) is 23.9. The zero-order chi connectivity index (χ0) is 13.1. The lowest BCUT2D eigenvalue weighted by atomic mass is 10.1. The molecule has 0 bridgehead atoms. The van der Waals surface area contributed by atoms with Crippen molar-refractivity contribution in [2.24, 2.45) is 5.92 Å². The summed E-state index contributed by atoms with van der Waals surface area (Å²) < 4.78 is 0. The van der Waals surface area contributed by atoms with Gasteiger partial charge in [-0.2, -0.15) is 0 Å². The molecular weight excluding hydrogens is 256 g/mol. The summed E-state index contributed by atoms with van der Waals surface area (Å²) in [7, 11) is 0. The number of aliphatic carboxylic acids is 1. The molecule has 98 valence electrons. The van der Waals surface area contributed by atoms with E-state index in [1.165, 1.54) is 17.4 Å². The van der Waals surface area contributed by atoms with Gasteiger partial charge in [-0.05, 0) is 24.9 Å². The van der Waals surface area contributed by atoms with Crippen LogP contribution in [-0.4, -0.2) is 34.0 Å². The van der Waals surface area contributed by atoms with Crippen molar-refractivity contribution in [2.45, 2.75) is 19.4 Å². The van der Waals surface area contributed by atoms with Crippen LogP contribution in [0.4, 0.5) is 5.00 Å². The molecule has 1 fully saturated rings. The van der Waals surface area contributed by atoms with Gasteiger partial charge in [0.05, 0.1) is 4.92 Å². The lowest BCUT2D eigenvalue weighted by Crippen LogP contribution is -2.20. The molecule has 6 nitrogen and oxygen atoms in total. The van der Waals surface area contributed by atoms with E-state index in [2.05, 4.69) is 4.90 Å². The highest BCUT2D eigenvalue weighted by Gasteiger charge is 2.25. The third-order valence-electron chi connectivity index (χ3n) is 3.04. The maximum atomic E-state index is 10.6. The molecule has 2 rings (SSSR count). The zero-order valence-corrected chi connectivity index (χ0v) is 10.6. The van der Waals surface area contributed by atoms with Gasteiger partial charge in [0, 0.05) is 30.5 Å². The van der Waals surface area contributed by atoms with Crippen LogP contribution in [0, 0.1) is 16.0 Å². The first-order chi connectivity index (χ1) is 8.54. The van der Waals surface area contributed by atoms with E-state index in [4.69, 9.17) is 5.11 Å². The second-order valence-corrected chi connectivity index (χ2v) is 5.63. The van der Waals surface area contributed by atoms with Gasteiger partial charge >= 0.3 is 11.0 Å². The molecule has 18 heavy (non-hydrogen) atoms. The molecule has 7 heteroatoms. The number of carbonyl (C=O) groups is 1. The van der Waals surface area contributed by atoms with E-state index < -0.39 is 5.97 Å². The maximum Gasteiger partial charge on any atom is 0.324 e. The van der Waals surface area contributed by atoms with Crippen LogP contribution >= 0.6 is 11.3 Å². The van der Waals surface area contributed by atoms with Crippen molar-refractivity contribution in [3.8, 4) is 0 Å². The van der Waals surface area contributed by atoms with Gasteiger partial charge in [-0.25, -0.2) is 0 Å². The zero-order valence-electron chi connectivity index (χ0n) is 9.74. The molecule has 0 spiro atoms. The van der Waals surface area contributed by atoms with Crippen molar-refractivity contribution in [3.63, 3.8) is 0 Å². The molecule has 1 N–H and O–H groups in total. The standard InChI is InChI=1S/C11H14N2O4S/c14-11(15)5-8-3-4-12(6-8)7-9-1-2-10(18-9)13(16)17/h1-2,8H,3-7H2,(H,14,15). The van der Waals surface area contributed by atoms with Gasteiger partial charge in [-0.1, -0.05) is 11.3 Å². The molecule has 0 amide bonds. The largest absolute Gasteiger partial charge is 0.481 e. The van der Waals surface area contributed by atoms with E-state index in [0.29, 0.717) is 6.54 Å². The van der Waals surface area contributed by atoms with Gasteiger partial charge in [0.1, 0.15) is 0 Å². The van der Waals surface area contributed by atoms with Gasteiger partial charge in [-0.15, -0.1) is 0 Å². The Morgan fingerprint density at radius 2 is 2.39 bits per heavy atom. The third-order valence-corrected chi connectivity index (χ3v) is 4.06.